The number of ether oxygens (including phenoxy) is 3. The number of carbonyl (C=O) groups is 4. The number of amides is 4. The molecule has 14 nitrogen and oxygen atoms in total. The van der Waals surface area contributed by atoms with Crippen LogP contribution in [0.1, 0.15) is 83.6 Å². The van der Waals surface area contributed by atoms with Gasteiger partial charge in [0.1, 0.15) is 23.6 Å². The summed E-state index contributed by atoms with van der Waals surface area (Å²) in [6.07, 6.45) is 7.81. The maximum atomic E-state index is 14.6. The molecule has 0 radical (unpaired) electrons. The highest BCUT2D eigenvalue weighted by Gasteiger charge is 2.62. The SMILES string of the molecule is CCOc1cc(O[C@@H]2C[C@H]3C(=O)C[C@]4(C(=O)NS(=O)(=O)C5(C)CC5)C[C@@H]4/C=C\CCCCC[C@H](NC(=O)N(C)C)C(=O)N3C2)c2ccc(OC)c(C)c2n1. The van der Waals surface area contributed by atoms with Crippen molar-refractivity contribution in [2.75, 3.05) is 34.4 Å². The predicted octanol–water partition coefficient (Wildman–Crippen LogP) is 4.42. The summed E-state index contributed by atoms with van der Waals surface area (Å²) in [6.45, 7) is 5.77. The number of aromatic nitrogens is 1. The standard InChI is InChI=1S/C39H53N5O9S/c1-7-52-33-20-32(27-15-16-31(51-6)24(2)34(27)41-33)53-26-19-29-30(45)22-39(36(47)42-54(49,50)38(3)17-18-38)21-25(39)13-11-9-8-10-12-14-28(35(46)44(29)23-26)40-37(48)43(4)5/h11,13,15-16,20,25-26,28-29H,7-10,12,14,17-19,21-23H2,1-6H3,(H,40,48)(H,42,47)/b13-11-/t25-,26+,28-,29-,39+/m0/s1. The van der Waals surface area contributed by atoms with E-state index >= 15 is 0 Å². The second-order valence-corrected chi connectivity index (χ2v) is 17.8. The van der Waals surface area contributed by atoms with Gasteiger partial charge in [0.25, 0.3) is 0 Å². The number of Topliss-reactive ketones (excluding diaryl/α,β-unsaturated/α-hetero) is 1. The van der Waals surface area contributed by atoms with E-state index in [-0.39, 0.29) is 31.1 Å². The van der Waals surface area contributed by atoms with Gasteiger partial charge < -0.3 is 29.3 Å². The number of nitrogens with one attached hydrogen (secondary N) is 2. The highest BCUT2D eigenvalue weighted by molar-refractivity contribution is 7.91. The topological polar surface area (TPSA) is 174 Å². The molecule has 15 heteroatoms. The van der Waals surface area contributed by atoms with E-state index in [2.05, 4.69) is 10.0 Å². The number of carbonyl (C=O) groups excluding carboxylic acids is 4. The van der Waals surface area contributed by atoms with E-state index in [1.807, 2.05) is 38.1 Å². The molecule has 4 amide bonds. The fourth-order valence-corrected chi connectivity index (χ4v) is 8.98. The van der Waals surface area contributed by atoms with Gasteiger partial charge >= 0.3 is 6.03 Å². The molecule has 2 saturated carbocycles. The third-order valence-electron chi connectivity index (χ3n) is 11.5. The number of hydrogen-bond donors (Lipinski definition) is 2. The van der Waals surface area contributed by atoms with Crippen LogP contribution in [0.3, 0.4) is 0 Å². The Labute approximate surface area is 317 Å². The van der Waals surface area contributed by atoms with Gasteiger partial charge in [0.05, 0.1) is 42.0 Å². The van der Waals surface area contributed by atoms with Crippen molar-refractivity contribution < 1.29 is 41.8 Å². The number of allylic oxidation sites excluding steroid dienone is 2. The molecular weight excluding hydrogens is 715 g/mol. The number of aryl methyl sites for hydroxylation is 1. The summed E-state index contributed by atoms with van der Waals surface area (Å²) in [6, 6.07) is 3.05. The number of fused-ring (bicyclic) bond motifs is 3. The molecule has 54 heavy (non-hydrogen) atoms. The second kappa shape index (κ2) is 15.4. The van der Waals surface area contributed by atoms with Crippen LogP contribution in [0.2, 0.25) is 0 Å². The normalized spacial score (nSPS) is 27.4. The van der Waals surface area contributed by atoms with Crippen molar-refractivity contribution in [1.82, 2.24) is 24.8 Å². The van der Waals surface area contributed by atoms with Gasteiger partial charge in [0.15, 0.2) is 5.78 Å². The molecule has 2 aromatic rings. The zero-order valence-electron chi connectivity index (χ0n) is 32.1. The van der Waals surface area contributed by atoms with E-state index in [4.69, 9.17) is 19.2 Å². The number of urea groups is 1. The van der Waals surface area contributed by atoms with Crippen molar-refractivity contribution in [2.45, 2.75) is 108 Å². The highest BCUT2D eigenvalue weighted by atomic mass is 32.2. The zero-order chi connectivity index (χ0) is 39.0. The Hall–Kier alpha value is -4.40. The van der Waals surface area contributed by atoms with Gasteiger partial charge in [0, 0.05) is 44.0 Å². The monoisotopic (exact) mass is 767 g/mol. The van der Waals surface area contributed by atoms with Crippen LogP contribution in [0.15, 0.2) is 30.4 Å². The molecule has 0 spiro atoms. The molecule has 0 bridgehead atoms. The summed E-state index contributed by atoms with van der Waals surface area (Å²) in [7, 11) is 0.828. The summed E-state index contributed by atoms with van der Waals surface area (Å²) in [5, 5.41) is 3.56. The average molecular weight is 768 g/mol. The maximum Gasteiger partial charge on any atom is 0.317 e. The van der Waals surface area contributed by atoms with E-state index < -0.39 is 56.2 Å². The minimum absolute atomic E-state index is 0.0434. The van der Waals surface area contributed by atoms with E-state index in [1.165, 1.54) is 9.80 Å². The summed E-state index contributed by atoms with van der Waals surface area (Å²) in [5.41, 5.74) is 0.153. The quantitative estimate of drug-likeness (QED) is 0.348. The number of methoxy groups -OCH3 is 1. The molecular formula is C39H53N5O9S. The van der Waals surface area contributed by atoms with Crippen molar-refractivity contribution in [1.29, 1.82) is 0 Å². The minimum Gasteiger partial charge on any atom is -0.496 e. The summed E-state index contributed by atoms with van der Waals surface area (Å²) >= 11 is 0. The Balaban J connectivity index is 1.35. The third kappa shape index (κ3) is 7.87. The summed E-state index contributed by atoms with van der Waals surface area (Å²) < 4.78 is 45.6. The van der Waals surface area contributed by atoms with E-state index in [1.54, 1.807) is 34.2 Å². The van der Waals surface area contributed by atoms with Gasteiger partial charge in [-0.05, 0) is 77.3 Å². The van der Waals surface area contributed by atoms with Crippen LogP contribution in [0, 0.1) is 18.3 Å². The van der Waals surface area contributed by atoms with Gasteiger partial charge in [-0.2, -0.15) is 0 Å². The Morgan fingerprint density at radius 2 is 1.87 bits per heavy atom. The van der Waals surface area contributed by atoms with Crippen LogP contribution in [-0.4, -0.2) is 104 Å². The largest absolute Gasteiger partial charge is 0.496 e. The number of hydrogen-bond acceptors (Lipinski definition) is 10. The lowest BCUT2D eigenvalue weighted by Crippen LogP contribution is -2.54. The van der Waals surface area contributed by atoms with Gasteiger partial charge in [-0.15, -0.1) is 0 Å². The number of sulfonamides is 1. The fraction of sp³-hybridized carbons (Fsp3) is 0.615. The lowest BCUT2D eigenvalue weighted by Gasteiger charge is -2.30. The van der Waals surface area contributed by atoms with E-state index in [0.29, 0.717) is 67.0 Å². The average Bonchev–Trinajstić information content (AvgIpc) is 4.00. The Morgan fingerprint density at radius 3 is 2.56 bits per heavy atom. The lowest BCUT2D eigenvalue weighted by molar-refractivity contribution is -0.140. The molecule has 1 aromatic heterocycles. The number of pyridine rings is 1. The first-order chi connectivity index (χ1) is 25.6. The molecule has 2 aliphatic carbocycles. The van der Waals surface area contributed by atoms with Crippen molar-refractivity contribution in [3.63, 3.8) is 0 Å². The van der Waals surface area contributed by atoms with Gasteiger partial charge in [0.2, 0.25) is 27.7 Å². The minimum atomic E-state index is -3.95. The Bertz CT molecular complexity index is 1950. The molecule has 2 N–H and O–H groups in total. The van der Waals surface area contributed by atoms with Gasteiger partial charge in [-0.25, -0.2) is 18.2 Å². The molecule has 294 valence electrons. The number of rotatable bonds is 9. The van der Waals surface area contributed by atoms with Crippen LogP contribution in [0.4, 0.5) is 4.79 Å². The number of ketones is 1. The van der Waals surface area contributed by atoms with Crippen LogP contribution in [0.5, 0.6) is 17.4 Å². The Kier molecular flexibility index (Phi) is 11.2. The molecule has 6 rings (SSSR count). The van der Waals surface area contributed by atoms with Crippen LogP contribution < -0.4 is 24.2 Å². The van der Waals surface area contributed by atoms with Crippen molar-refractivity contribution in [3.05, 3.63) is 35.9 Å². The Morgan fingerprint density at radius 1 is 1.11 bits per heavy atom. The smallest absolute Gasteiger partial charge is 0.317 e. The molecule has 2 aliphatic heterocycles. The zero-order valence-corrected chi connectivity index (χ0v) is 32.9. The third-order valence-corrected chi connectivity index (χ3v) is 13.6. The van der Waals surface area contributed by atoms with Crippen molar-refractivity contribution in [3.8, 4) is 17.4 Å². The summed E-state index contributed by atoms with van der Waals surface area (Å²) in [4.78, 5) is 63.4. The van der Waals surface area contributed by atoms with Gasteiger partial charge in [-0.3, -0.25) is 19.1 Å². The van der Waals surface area contributed by atoms with Crippen LogP contribution >= 0.6 is 0 Å². The first-order valence-corrected chi connectivity index (χ1v) is 20.4. The van der Waals surface area contributed by atoms with E-state index in [0.717, 1.165) is 24.8 Å². The van der Waals surface area contributed by atoms with E-state index in [9.17, 15) is 27.6 Å². The fourth-order valence-electron chi connectivity index (χ4n) is 7.64. The molecule has 1 saturated heterocycles. The lowest BCUT2D eigenvalue weighted by atomic mass is 9.91. The van der Waals surface area contributed by atoms with Crippen LogP contribution in [0.25, 0.3) is 10.9 Å². The van der Waals surface area contributed by atoms with Gasteiger partial charge in [-0.1, -0.05) is 25.0 Å². The molecule has 4 aliphatic rings. The highest BCUT2D eigenvalue weighted by Crippen LogP contribution is 2.57. The first-order valence-electron chi connectivity index (χ1n) is 19.0. The molecule has 5 atom stereocenters. The summed E-state index contributed by atoms with van der Waals surface area (Å²) in [5.74, 6) is -0.321. The molecule has 3 fully saturated rings. The molecule has 0 unspecified atom stereocenters. The molecule has 3 heterocycles. The number of benzene rings is 1. The predicted molar refractivity (Wildman–Crippen MR) is 202 cm³/mol. The first kappa shape index (κ1) is 39.3. The van der Waals surface area contributed by atoms with Crippen molar-refractivity contribution >= 4 is 44.6 Å². The number of nitrogens with zero attached hydrogens (tertiary/aromatic N) is 3. The molecule has 1 aromatic carbocycles. The second-order valence-electron chi connectivity index (χ2n) is 15.6. The van der Waals surface area contributed by atoms with Crippen molar-refractivity contribution in [2.24, 2.45) is 11.3 Å². The van der Waals surface area contributed by atoms with Crippen LogP contribution in [-0.2, 0) is 24.4 Å². The maximum absolute atomic E-state index is 14.6.